The molecule has 2 amide bonds. The minimum absolute atomic E-state index is 0.0713. The summed E-state index contributed by atoms with van der Waals surface area (Å²) in [5.41, 5.74) is 1.02. The SMILES string of the molecule is COC(=O)c1c(NC(=O)CCS(=O)(=O)c2ccc(OC)cc2)sc2c1CCN(C(C)=O)C2. The van der Waals surface area contributed by atoms with Crippen molar-refractivity contribution in [2.45, 2.75) is 31.2 Å². The summed E-state index contributed by atoms with van der Waals surface area (Å²) in [5.74, 6) is -1.05. The van der Waals surface area contributed by atoms with Crippen molar-refractivity contribution in [1.82, 2.24) is 4.90 Å². The first-order valence-electron chi connectivity index (χ1n) is 9.81. The molecule has 0 bridgehead atoms. The van der Waals surface area contributed by atoms with Gasteiger partial charge in [-0.15, -0.1) is 11.3 Å². The number of methoxy groups -OCH3 is 2. The lowest BCUT2D eigenvalue weighted by Crippen LogP contribution is -2.33. The average Bonchev–Trinajstić information content (AvgIpc) is 3.14. The monoisotopic (exact) mass is 480 g/mol. The molecule has 0 radical (unpaired) electrons. The molecule has 0 saturated carbocycles. The summed E-state index contributed by atoms with van der Waals surface area (Å²) in [7, 11) is -0.935. The lowest BCUT2D eigenvalue weighted by atomic mass is 10.0. The van der Waals surface area contributed by atoms with Crippen LogP contribution in [0.15, 0.2) is 29.2 Å². The molecule has 0 aliphatic carbocycles. The van der Waals surface area contributed by atoms with E-state index in [1.807, 2.05) is 0 Å². The molecule has 1 aliphatic rings. The first kappa shape index (κ1) is 23.7. The second-order valence-electron chi connectivity index (χ2n) is 7.18. The highest BCUT2D eigenvalue weighted by Crippen LogP contribution is 2.37. The van der Waals surface area contributed by atoms with Crippen LogP contribution in [0.1, 0.15) is 34.1 Å². The molecule has 0 atom stereocenters. The first-order valence-corrected chi connectivity index (χ1v) is 12.3. The Labute approximate surface area is 190 Å². The van der Waals surface area contributed by atoms with E-state index in [1.54, 1.807) is 4.90 Å². The van der Waals surface area contributed by atoms with E-state index in [2.05, 4.69) is 5.32 Å². The zero-order chi connectivity index (χ0) is 23.5. The minimum atomic E-state index is -3.67. The minimum Gasteiger partial charge on any atom is -0.497 e. The summed E-state index contributed by atoms with van der Waals surface area (Å²) in [5, 5.41) is 2.96. The van der Waals surface area contributed by atoms with Crippen molar-refractivity contribution in [3.8, 4) is 5.75 Å². The first-order chi connectivity index (χ1) is 15.2. The molecule has 3 rings (SSSR count). The van der Waals surface area contributed by atoms with Crippen LogP contribution in [0.2, 0.25) is 0 Å². The van der Waals surface area contributed by atoms with Gasteiger partial charge >= 0.3 is 5.97 Å². The molecule has 0 saturated heterocycles. The Bertz CT molecular complexity index is 1140. The highest BCUT2D eigenvalue weighted by Gasteiger charge is 2.30. The maximum absolute atomic E-state index is 12.5. The number of ether oxygens (including phenoxy) is 2. The predicted molar refractivity (Wildman–Crippen MR) is 119 cm³/mol. The van der Waals surface area contributed by atoms with Crippen LogP contribution in [0.5, 0.6) is 5.75 Å². The van der Waals surface area contributed by atoms with Crippen molar-refractivity contribution in [3.63, 3.8) is 0 Å². The Balaban J connectivity index is 1.74. The van der Waals surface area contributed by atoms with Crippen LogP contribution in [-0.4, -0.2) is 57.6 Å². The van der Waals surface area contributed by atoms with E-state index in [0.717, 1.165) is 10.4 Å². The lowest BCUT2D eigenvalue weighted by Gasteiger charge is -2.25. The van der Waals surface area contributed by atoms with Crippen molar-refractivity contribution < 1.29 is 32.3 Å². The number of benzene rings is 1. The third-order valence-electron chi connectivity index (χ3n) is 5.16. The molecule has 0 fully saturated rings. The van der Waals surface area contributed by atoms with Crippen molar-refractivity contribution in [2.24, 2.45) is 0 Å². The molecule has 1 N–H and O–H groups in total. The van der Waals surface area contributed by atoms with Gasteiger partial charge in [0.05, 0.1) is 37.0 Å². The molecule has 32 heavy (non-hydrogen) atoms. The van der Waals surface area contributed by atoms with Gasteiger partial charge in [-0.3, -0.25) is 9.59 Å². The van der Waals surface area contributed by atoms with Gasteiger partial charge in [0, 0.05) is 24.8 Å². The van der Waals surface area contributed by atoms with Gasteiger partial charge in [-0.05, 0) is 36.2 Å². The topological polar surface area (TPSA) is 119 Å². The smallest absolute Gasteiger partial charge is 0.341 e. The van der Waals surface area contributed by atoms with Crippen LogP contribution in [0.3, 0.4) is 0 Å². The normalized spacial score (nSPS) is 13.3. The number of sulfone groups is 1. The van der Waals surface area contributed by atoms with Gasteiger partial charge in [-0.2, -0.15) is 0 Å². The molecule has 11 heteroatoms. The van der Waals surface area contributed by atoms with Gasteiger partial charge in [0.25, 0.3) is 0 Å². The highest BCUT2D eigenvalue weighted by molar-refractivity contribution is 7.91. The molecule has 2 heterocycles. The summed E-state index contributed by atoms with van der Waals surface area (Å²) >= 11 is 1.20. The molecule has 2 aromatic rings. The molecular formula is C21H24N2O7S2. The van der Waals surface area contributed by atoms with E-state index in [-0.39, 0.29) is 28.5 Å². The summed E-state index contributed by atoms with van der Waals surface area (Å²) in [6, 6.07) is 5.93. The van der Waals surface area contributed by atoms with Gasteiger partial charge in [0.15, 0.2) is 9.84 Å². The molecular weight excluding hydrogens is 456 g/mol. The number of hydrogen-bond donors (Lipinski definition) is 1. The summed E-state index contributed by atoms with van der Waals surface area (Å²) in [6.07, 6.45) is 0.189. The van der Waals surface area contributed by atoms with Crippen molar-refractivity contribution in [2.75, 3.05) is 31.8 Å². The maximum atomic E-state index is 12.5. The van der Waals surface area contributed by atoms with E-state index in [1.165, 1.54) is 56.7 Å². The Kier molecular flexibility index (Phi) is 7.19. The molecule has 1 aromatic heterocycles. The van der Waals surface area contributed by atoms with Crippen LogP contribution >= 0.6 is 11.3 Å². The number of esters is 1. The van der Waals surface area contributed by atoms with E-state index in [0.29, 0.717) is 30.3 Å². The Hall–Kier alpha value is -2.92. The predicted octanol–water partition coefficient (Wildman–Crippen LogP) is 2.25. The highest BCUT2D eigenvalue weighted by atomic mass is 32.2. The molecule has 0 spiro atoms. The summed E-state index contributed by atoms with van der Waals surface area (Å²) in [6.45, 7) is 2.30. The van der Waals surface area contributed by atoms with Gasteiger partial charge in [-0.25, -0.2) is 13.2 Å². The quantitative estimate of drug-likeness (QED) is 0.604. The lowest BCUT2D eigenvalue weighted by molar-refractivity contribution is -0.129. The number of rotatable bonds is 7. The van der Waals surface area contributed by atoms with Crippen LogP contribution in [-0.2, 0) is 37.1 Å². The summed E-state index contributed by atoms with van der Waals surface area (Å²) in [4.78, 5) is 39.2. The molecule has 1 aromatic carbocycles. The number of carbonyl (C=O) groups is 3. The zero-order valence-electron chi connectivity index (χ0n) is 18.0. The third kappa shape index (κ3) is 5.10. The molecule has 1 aliphatic heterocycles. The Morgan fingerprint density at radius 1 is 1.16 bits per heavy atom. The van der Waals surface area contributed by atoms with E-state index < -0.39 is 21.7 Å². The zero-order valence-corrected chi connectivity index (χ0v) is 19.6. The average molecular weight is 481 g/mol. The van der Waals surface area contributed by atoms with Crippen LogP contribution in [0, 0.1) is 0 Å². The van der Waals surface area contributed by atoms with Crippen LogP contribution in [0.25, 0.3) is 0 Å². The van der Waals surface area contributed by atoms with Gasteiger partial charge in [0.2, 0.25) is 11.8 Å². The molecule has 0 unspecified atom stereocenters. The van der Waals surface area contributed by atoms with Crippen molar-refractivity contribution in [3.05, 3.63) is 40.3 Å². The van der Waals surface area contributed by atoms with Gasteiger partial charge < -0.3 is 19.7 Å². The van der Waals surface area contributed by atoms with Gasteiger partial charge in [-0.1, -0.05) is 0 Å². The van der Waals surface area contributed by atoms with E-state index in [9.17, 15) is 22.8 Å². The second-order valence-corrected chi connectivity index (χ2v) is 10.4. The number of carbonyl (C=O) groups excluding carboxylic acids is 3. The number of nitrogens with one attached hydrogen (secondary N) is 1. The van der Waals surface area contributed by atoms with Crippen LogP contribution in [0.4, 0.5) is 5.00 Å². The second kappa shape index (κ2) is 9.70. The number of hydrogen-bond acceptors (Lipinski definition) is 8. The fourth-order valence-electron chi connectivity index (χ4n) is 3.40. The number of nitrogens with zero attached hydrogens (tertiary/aromatic N) is 1. The largest absolute Gasteiger partial charge is 0.497 e. The summed E-state index contributed by atoms with van der Waals surface area (Å²) < 4.78 is 35.0. The van der Waals surface area contributed by atoms with E-state index in [4.69, 9.17) is 9.47 Å². The standard InChI is InChI=1S/C21H24N2O7S2/c1-13(24)23-10-8-16-17(12-23)31-20(19(16)21(26)30-3)22-18(25)9-11-32(27,28)15-6-4-14(29-2)5-7-15/h4-7H,8-12H2,1-3H3,(H,22,25). The molecule has 172 valence electrons. The van der Waals surface area contributed by atoms with Crippen molar-refractivity contribution >= 4 is 44.0 Å². The van der Waals surface area contributed by atoms with Gasteiger partial charge in [0.1, 0.15) is 10.8 Å². The fraction of sp³-hybridized carbons (Fsp3) is 0.381. The molecule has 9 nitrogen and oxygen atoms in total. The van der Waals surface area contributed by atoms with Crippen LogP contribution < -0.4 is 10.1 Å². The number of amides is 2. The van der Waals surface area contributed by atoms with Crippen molar-refractivity contribution in [1.29, 1.82) is 0 Å². The Morgan fingerprint density at radius 2 is 1.84 bits per heavy atom. The number of anilines is 1. The number of thiophene rings is 1. The fourth-order valence-corrected chi connectivity index (χ4v) is 5.90. The third-order valence-corrected chi connectivity index (χ3v) is 8.03. The number of fused-ring (bicyclic) bond motifs is 1. The van der Waals surface area contributed by atoms with E-state index >= 15 is 0 Å². The maximum Gasteiger partial charge on any atom is 0.341 e. The Morgan fingerprint density at radius 3 is 2.44 bits per heavy atom.